The fourth-order valence-corrected chi connectivity index (χ4v) is 4.59. The lowest BCUT2D eigenvalue weighted by molar-refractivity contribution is -0.137. The third kappa shape index (κ3) is 3.52. The minimum atomic E-state index is -1.39. The van der Waals surface area contributed by atoms with E-state index in [9.17, 15) is 19.5 Å². The van der Waals surface area contributed by atoms with Crippen LogP contribution in [0, 0.1) is 11.8 Å². The van der Waals surface area contributed by atoms with Gasteiger partial charge in [-0.1, -0.05) is 42.3 Å². The number of alkyl halides is 1. The van der Waals surface area contributed by atoms with Crippen LogP contribution >= 0.6 is 22.6 Å². The Kier molecular flexibility index (Phi) is 4.84. The van der Waals surface area contributed by atoms with E-state index in [-0.39, 0.29) is 30.8 Å². The van der Waals surface area contributed by atoms with Gasteiger partial charge in [0.25, 0.3) is 5.91 Å². The van der Waals surface area contributed by atoms with Crippen LogP contribution in [0.3, 0.4) is 0 Å². The van der Waals surface area contributed by atoms with E-state index in [0.717, 1.165) is 0 Å². The summed E-state index contributed by atoms with van der Waals surface area (Å²) in [6.45, 7) is 0. The van der Waals surface area contributed by atoms with Crippen molar-refractivity contribution in [1.82, 2.24) is 10.2 Å². The summed E-state index contributed by atoms with van der Waals surface area (Å²) in [5.74, 6) is 4.78. The van der Waals surface area contributed by atoms with Crippen molar-refractivity contribution in [3.05, 3.63) is 70.8 Å². The summed E-state index contributed by atoms with van der Waals surface area (Å²) in [7, 11) is 0. The molecule has 0 saturated carbocycles. The number of aliphatic hydroxyl groups is 1. The average molecular weight is 528 g/mol. The molecule has 3 aliphatic heterocycles. The third-order valence-corrected chi connectivity index (χ3v) is 6.56. The van der Waals surface area contributed by atoms with E-state index in [0.29, 0.717) is 22.3 Å². The molecule has 2 aromatic rings. The summed E-state index contributed by atoms with van der Waals surface area (Å²) >= 11 is 1.88. The summed E-state index contributed by atoms with van der Waals surface area (Å²) in [5, 5.41) is 13.1. The molecule has 2 saturated heterocycles. The highest BCUT2D eigenvalue weighted by molar-refractivity contribution is 14.1. The second kappa shape index (κ2) is 7.44. The van der Waals surface area contributed by atoms with Crippen LogP contribution in [0.2, 0.25) is 0 Å². The molecule has 3 amide bonds. The summed E-state index contributed by atoms with van der Waals surface area (Å²) in [6, 6.07) is 13.6. The molecule has 0 spiro atoms. The first-order valence-electron chi connectivity index (χ1n) is 9.81. The minimum Gasteiger partial charge on any atom is -0.365 e. The maximum Gasteiger partial charge on any atom is 0.257 e. The molecule has 0 aromatic heterocycles. The van der Waals surface area contributed by atoms with E-state index in [1.165, 1.54) is 4.90 Å². The van der Waals surface area contributed by atoms with E-state index >= 15 is 0 Å². The number of nitrogens with one attached hydrogen (secondary N) is 1. The Bertz CT molecular complexity index is 1170. The number of piperidine rings is 1. The standard InChI is InChI=1S/C23H17IN2O5/c24-23(30,14-6-2-1-3-7-14)12-11-13-5-4-8-15-18(13)19-22(31-19)26(21(15)29)16-9-10-17(27)25-20(16)28/h1-8,16,19,22,30H,9-10H2,(H,25,27,28). The van der Waals surface area contributed by atoms with Gasteiger partial charge in [0.1, 0.15) is 12.1 Å². The van der Waals surface area contributed by atoms with Gasteiger partial charge >= 0.3 is 0 Å². The number of amides is 3. The van der Waals surface area contributed by atoms with Crippen LogP contribution in [0.15, 0.2) is 48.5 Å². The van der Waals surface area contributed by atoms with Gasteiger partial charge in [-0.15, -0.1) is 0 Å². The van der Waals surface area contributed by atoms with E-state index in [2.05, 4.69) is 17.2 Å². The molecule has 5 rings (SSSR count). The molecule has 31 heavy (non-hydrogen) atoms. The number of carbonyl (C=O) groups excluding carboxylic acids is 3. The molecular formula is C23H17IN2O5. The lowest BCUT2D eigenvalue weighted by atomic mass is 9.91. The van der Waals surface area contributed by atoms with Crippen molar-refractivity contribution in [2.75, 3.05) is 0 Å². The molecule has 2 aromatic carbocycles. The number of hydrogen-bond acceptors (Lipinski definition) is 5. The number of imide groups is 1. The second-order valence-corrected chi connectivity index (χ2v) is 9.19. The summed E-state index contributed by atoms with van der Waals surface area (Å²) in [5.41, 5.74) is 2.36. The van der Waals surface area contributed by atoms with Gasteiger partial charge < -0.3 is 9.84 Å². The largest absolute Gasteiger partial charge is 0.365 e. The van der Waals surface area contributed by atoms with Crippen LogP contribution in [0.1, 0.15) is 46.0 Å². The Balaban J connectivity index is 1.48. The molecule has 3 heterocycles. The van der Waals surface area contributed by atoms with E-state index in [1.54, 1.807) is 30.3 Å². The molecule has 8 heteroatoms. The van der Waals surface area contributed by atoms with Crippen LogP contribution < -0.4 is 5.32 Å². The third-order valence-electron chi connectivity index (χ3n) is 5.66. The van der Waals surface area contributed by atoms with Gasteiger partial charge in [0, 0.05) is 28.7 Å². The number of rotatable bonds is 2. The zero-order chi connectivity index (χ0) is 21.8. The maximum absolute atomic E-state index is 13.2. The number of hydrogen-bond donors (Lipinski definition) is 2. The highest BCUT2D eigenvalue weighted by atomic mass is 127. The summed E-state index contributed by atoms with van der Waals surface area (Å²) in [4.78, 5) is 38.5. The molecule has 7 nitrogen and oxygen atoms in total. The van der Waals surface area contributed by atoms with Gasteiger partial charge in [-0.05, 0) is 47.1 Å². The average Bonchev–Trinajstić information content (AvgIpc) is 3.55. The Morgan fingerprint density at radius 1 is 1.13 bits per heavy atom. The molecular weight excluding hydrogens is 511 g/mol. The van der Waals surface area contributed by atoms with Crippen LogP contribution in [0.25, 0.3) is 0 Å². The minimum absolute atomic E-state index is 0.184. The van der Waals surface area contributed by atoms with Crippen molar-refractivity contribution in [2.24, 2.45) is 0 Å². The molecule has 0 aliphatic carbocycles. The molecule has 0 radical (unpaired) electrons. The van der Waals surface area contributed by atoms with Crippen LogP contribution in [-0.4, -0.2) is 40.0 Å². The van der Waals surface area contributed by atoms with Crippen LogP contribution in [-0.2, 0) is 17.9 Å². The number of epoxide rings is 1. The maximum atomic E-state index is 13.2. The molecule has 4 atom stereocenters. The Hall–Kier alpha value is -2.74. The van der Waals surface area contributed by atoms with Crippen molar-refractivity contribution in [1.29, 1.82) is 0 Å². The smallest absolute Gasteiger partial charge is 0.257 e. The molecule has 2 fully saturated rings. The fraction of sp³-hybridized carbons (Fsp3) is 0.261. The van der Waals surface area contributed by atoms with Gasteiger partial charge in [-0.2, -0.15) is 0 Å². The van der Waals surface area contributed by atoms with Crippen molar-refractivity contribution in [3.63, 3.8) is 0 Å². The molecule has 4 unspecified atom stereocenters. The lowest BCUT2D eigenvalue weighted by Gasteiger charge is -2.34. The first-order chi connectivity index (χ1) is 14.9. The Labute approximate surface area is 191 Å². The Morgan fingerprint density at radius 3 is 2.65 bits per heavy atom. The van der Waals surface area contributed by atoms with Gasteiger partial charge in [0.15, 0.2) is 6.23 Å². The quantitative estimate of drug-likeness (QED) is 0.204. The first kappa shape index (κ1) is 20.2. The van der Waals surface area contributed by atoms with Gasteiger partial charge in [-0.25, -0.2) is 0 Å². The number of halogens is 1. The van der Waals surface area contributed by atoms with Gasteiger partial charge in [0.05, 0.1) is 0 Å². The number of fused-ring (bicyclic) bond motifs is 3. The van der Waals surface area contributed by atoms with Crippen molar-refractivity contribution in [2.45, 2.75) is 34.8 Å². The first-order valence-corrected chi connectivity index (χ1v) is 10.9. The van der Waals surface area contributed by atoms with Crippen molar-refractivity contribution in [3.8, 4) is 11.8 Å². The van der Waals surface area contributed by atoms with Gasteiger partial charge in [0.2, 0.25) is 15.4 Å². The van der Waals surface area contributed by atoms with Gasteiger partial charge in [-0.3, -0.25) is 24.6 Å². The monoisotopic (exact) mass is 528 g/mol. The number of carbonyl (C=O) groups is 3. The molecule has 0 bridgehead atoms. The van der Waals surface area contributed by atoms with Crippen LogP contribution in [0.4, 0.5) is 0 Å². The molecule has 2 N–H and O–H groups in total. The lowest BCUT2D eigenvalue weighted by Crippen LogP contribution is -2.56. The second-order valence-electron chi connectivity index (χ2n) is 7.63. The fourth-order valence-electron chi connectivity index (χ4n) is 4.10. The molecule has 3 aliphatic rings. The SMILES string of the molecule is O=C1CCC(N2C(=O)c3cccc(C#CC(O)(I)c4ccccc4)c3C3OC32)C(=O)N1. The normalized spacial score (nSPS) is 26.1. The highest BCUT2D eigenvalue weighted by Crippen LogP contribution is 2.49. The zero-order valence-corrected chi connectivity index (χ0v) is 18.3. The predicted molar refractivity (Wildman–Crippen MR) is 118 cm³/mol. The Morgan fingerprint density at radius 2 is 1.90 bits per heavy atom. The van der Waals surface area contributed by atoms with E-state index in [1.807, 2.05) is 40.8 Å². The predicted octanol–water partition coefficient (Wildman–Crippen LogP) is 1.98. The summed E-state index contributed by atoms with van der Waals surface area (Å²) in [6.07, 6.45) is -0.484. The number of nitrogens with zero attached hydrogens (tertiary/aromatic N) is 1. The number of ether oxygens (including phenoxy) is 1. The number of benzene rings is 2. The van der Waals surface area contributed by atoms with Crippen molar-refractivity contribution >= 4 is 40.3 Å². The van der Waals surface area contributed by atoms with E-state index < -0.39 is 21.8 Å². The highest BCUT2D eigenvalue weighted by Gasteiger charge is 2.57. The van der Waals surface area contributed by atoms with Crippen molar-refractivity contribution < 1.29 is 24.2 Å². The summed E-state index contributed by atoms with van der Waals surface area (Å²) < 4.78 is 4.40. The molecule has 156 valence electrons. The van der Waals surface area contributed by atoms with E-state index in [4.69, 9.17) is 4.74 Å². The van der Waals surface area contributed by atoms with Crippen LogP contribution in [0.5, 0.6) is 0 Å². The topological polar surface area (TPSA) is 99.2 Å². The zero-order valence-electron chi connectivity index (χ0n) is 16.2.